The largest absolute Gasteiger partial charge is 0.339 e. The smallest absolute Gasteiger partial charge is 0.254 e. The number of carbonyl (C=O) groups is 1. The molecule has 1 amide bonds. The van der Waals surface area contributed by atoms with Crippen LogP contribution in [0.2, 0.25) is 0 Å². The van der Waals surface area contributed by atoms with E-state index in [4.69, 9.17) is 5.84 Å². The molecule has 0 aliphatic heterocycles. The summed E-state index contributed by atoms with van der Waals surface area (Å²) in [6.45, 7) is 0. The highest BCUT2D eigenvalue weighted by molar-refractivity contribution is 6.07. The summed E-state index contributed by atoms with van der Waals surface area (Å²) < 4.78 is 0. The molecule has 1 aromatic carbocycles. The third kappa shape index (κ3) is 2.13. The second-order valence-electron chi connectivity index (χ2n) is 4.86. The van der Waals surface area contributed by atoms with Crippen molar-refractivity contribution in [1.82, 2.24) is 9.88 Å². The molecule has 19 heavy (non-hydrogen) atoms. The number of fused-ring (bicyclic) bond motifs is 1. The summed E-state index contributed by atoms with van der Waals surface area (Å²) in [5.74, 6) is 5.95. The number of anilines is 1. The van der Waals surface area contributed by atoms with Crippen LogP contribution in [0.3, 0.4) is 0 Å². The van der Waals surface area contributed by atoms with E-state index in [0.29, 0.717) is 17.4 Å². The molecule has 98 valence electrons. The number of pyridine rings is 1. The standard InChI is InChI=1S/C14H16N4O/c1-18(9-6-7-9)14(19)11-8-13(17-15)16-12-5-3-2-4-10(11)12/h2-5,8-9H,6-7,15H2,1H3,(H,16,17). The molecule has 0 atom stereocenters. The van der Waals surface area contributed by atoms with Crippen LogP contribution >= 0.6 is 0 Å². The molecule has 1 aliphatic carbocycles. The summed E-state index contributed by atoms with van der Waals surface area (Å²) in [6, 6.07) is 9.69. The number of nitrogens with one attached hydrogen (secondary N) is 1. The normalized spacial score (nSPS) is 14.4. The van der Waals surface area contributed by atoms with E-state index in [0.717, 1.165) is 23.7 Å². The van der Waals surface area contributed by atoms with Gasteiger partial charge in [0, 0.05) is 18.5 Å². The number of nitrogens with two attached hydrogens (primary N) is 1. The zero-order chi connectivity index (χ0) is 13.4. The van der Waals surface area contributed by atoms with E-state index < -0.39 is 0 Å². The van der Waals surface area contributed by atoms with Crippen molar-refractivity contribution in [2.45, 2.75) is 18.9 Å². The van der Waals surface area contributed by atoms with Gasteiger partial charge >= 0.3 is 0 Å². The molecule has 1 aliphatic rings. The Morgan fingerprint density at radius 1 is 1.42 bits per heavy atom. The van der Waals surface area contributed by atoms with Gasteiger partial charge in [-0.05, 0) is 25.0 Å². The Balaban J connectivity index is 2.12. The average Bonchev–Trinajstić information content (AvgIpc) is 3.29. The first-order valence-electron chi connectivity index (χ1n) is 6.34. The van der Waals surface area contributed by atoms with E-state index in [-0.39, 0.29) is 5.91 Å². The second kappa shape index (κ2) is 4.51. The molecule has 1 heterocycles. The van der Waals surface area contributed by atoms with Crippen LogP contribution in [0.1, 0.15) is 23.2 Å². The minimum Gasteiger partial charge on any atom is -0.339 e. The maximum Gasteiger partial charge on any atom is 0.254 e. The molecule has 0 saturated heterocycles. The number of para-hydroxylation sites is 1. The van der Waals surface area contributed by atoms with Gasteiger partial charge in [-0.3, -0.25) is 4.79 Å². The summed E-state index contributed by atoms with van der Waals surface area (Å²) in [5, 5.41) is 0.860. The Labute approximate surface area is 111 Å². The SMILES string of the molecule is CN(C(=O)c1cc(NN)nc2ccccc12)C1CC1. The third-order valence-corrected chi connectivity index (χ3v) is 3.51. The van der Waals surface area contributed by atoms with Crippen molar-refractivity contribution in [2.75, 3.05) is 12.5 Å². The Morgan fingerprint density at radius 2 is 2.16 bits per heavy atom. The number of benzene rings is 1. The molecule has 2 aromatic rings. The fourth-order valence-corrected chi connectivity index (χ4v) is 2.24. The summed E-state index contributed by atoms with van der Waals surface area (Å²) in [7, 11) is 1.85. The number of hydrazine groups is 1. The van der Waals surface area contributed by atoms with Gasteiger partial charge in [-0.2, -0.15) is 0 Å². The first-order valence-corrected chi connectivity index (χ1v) is 6.34. The van der Waals surface area contributed by atoms with E-state index in [1.807, 2.05) is 36.2 Å². The van der Waals surface area contributed by atoms with Crippen LogP contribution in [0.25, 0.3) is 10.9 Å². The topological polar surface area (TPSA) is 71.2 Å². The van der Waals surface area contributed by atoms with Gasteiger partial charge in [0.05, 0.1) is 11.1 Å². The first-order chi connectivity index (χ1) is 9.20. The summed E-state index contributed by atoms with van der Waals surface area (Å²) in [4.78, 5) is 18.7. The molecule has 1 fully saturated rings. The molecular weight excluding hydrogens is 240 g/mol. The van der Waals surface area contributed by atoms with Gasteiger partial charge < -0.3 is 10.3 Å². The van der Waals surface area contributed by atoms with Crippen molar-refractivity contribution < 1.29 is 4.79 Å². The maximum absolute atomic E-state index is 12.5. The molecule has 3 N–H and O–H groups in total. The number of amides is 1. The van der Waals surface area contributed by atoms with E-state index in [9.17, 15) is 4.79 Å². The van der Waals surface area contributed by atoms with Gasteiger partial charge in [0.1, 0.15) is 5.82 Å². The Morgan fingerprint density at radius 3 is 2.84 bits per heavy atom. The second-order valence-corrected chi connectivity index (χ2v) is 4.86. The van der Waals surface area contributed by atoms with E-state index in [1.165, 1.54) is 0 Å². The minimum absolute atomic E-state index is 0.0256. The summed E-state index contributed by atoms with van der Waals surface area (Å²) in [6.07, 6.45) is 2.18. The average molecular weight is 256 g/mol. The number of nitrogen functional groups attached to an aromatic ring is 1. The fourth-order valence-electron chi connectivity index (χ4n) is 2.24. The van der Waals surface area contributed by atoms with Crippen molar-refractivity contribution in [1.29, 1.82) is 0 Å². The van der Waals surface area contributed by atoms with Gasteiger partial charge in [-0.1, -0.05) is 18.2 Å². The van der Waals surface area contributed by atoms with Crippen molar-refractivity contribution >= 4 is 22.6 Å². The molecule has 0 radical (unpaired) electrons. The van der Waals surface area contributed by atoms with E-state index in [2.05, 4.69) is 10.4 Å². The summed E-state index contributed by atoms with van der Waals surface area (Å²) >= 11 is 0. The Bertz CT molecular complexity index is 636. The van der Waals surface area contributed by atoms with Crippen LogP contribution in [0.15, 0.2) is 30.3 Å². The first kappa shape index (κ1) is 11.9. The van der Waals surface area contributed by atoms with Crippen molar-refractivity contribution in [2.24, 2.45) is 5.84 Å². The lowest BCUT2D eigenvalue weighted by Crippen LogP contribution is -2.29. The van der Waals surface area contributed by atoms with Crippen molar-refractivity contribution in [3.63, 3.8) is 0 Å². The molecule has 0 bridgehead atoms. The maximum atomic E-state index is 12.5. The predicted octanol–water partition coefficient (Wildman–Crippen LogP) is 1.75. The highest BCUT2D eigenvalue weighted by atomic mass is 16.2. The van der Waals surface area contributed by atoms with Crippen LogP contribution in [-0.4, -0.2) is 28.9 Å². The molecule has 1 saturated carbocycles. The summed E-state index contributed by atoms with van der Waals surface area (Å²) in [5.41, 5.74) is 3.93. The van der Waals surface area contributed by atoms with Gasteiger partial charge in [0.15, 0.2) is 0 Å². The monoisotopic (exact) mass is 256 g/mol. The molecule has 3 rings (SSSR count). The molecule has 5 heteroatoms. The highest BCUT2D eigenvalue weighted by Crippen LogP contribution is 2.29. The molecule has 5 nitrogen and oxygen atoms in total. The van der Waals surface area contributed by atoms with Crippen LogP contribution in [0.4, 0.5) is 5.82 Å². The Kier molecular flexibility index (Phi) is 2.83. The van der Waals surface area contributed by atoms with Crippen LogP contribution < -0.4 is 11.3 Å². The lowest BCUT2D eigenvalue weighted by atomic mass is 10.1. The van der Waals surface area contributed by atoms with Crippen LogP contribution in [-0.2, 0) is 0 Å². The fraction of sp³-hybridized carbons (Fsp3) is 0.286. The minimum atomic E-state index is 0.0256. The number of carbonyl (C=O) groups excluding carboxylic acids is 1. The molecule has 0 spiro atoms. The Hall–Kier alpha value is -2.14. The number of aromatic nitrogens is 1. The van der Waals surface area contributed by atoms with Crippen LogP contribution in [0, 0.1) is 0 Å². The van der Waals surface area contributed by atoms with Gasteiger partial charge in [-0.25, -0.2) is 10.8 Å². The lowest BCUT2D eigenvalue weighted by molar-refractivity contribution is 0.0787. The van der Waals surface area contributed by atoms with Crippen LogP contribution in [0.5, 0.6) is 0 Å². The van der Waals surface area contributed by atoms with E-state index in [1.54, 1.807) is 6.07 Å². The number of hydrogen-bond donors (Lipinski definition) is 2. The van der Waals surface area contributed by atoms with Gasteiger partial charge in [-0.15, -0.1) is 0 Å². The predicted molar refractivity (Wildman–Crippen MR) is 74.7 cm³/mol. The van der Waals surface area contributed by atoms with Crippen molar-refractivity contribution in [3.8, 4) is 0 Å². The van der Waals surface area contributed by atoms with Gasteiger partial charge in [0.25, 0.3) is 5.91 Å². The molecule has 0 unspecified atom stereocenters. The zero-order valence-corrected chi connectivity index (χ0v) is 10.8. The van der Waals surface area contributed by atoms with Gasteiger partial charge in [0.2, 0.25) is 0 Å². The number of nitrogens with zero attached hydrogens (tertiary/aromatic N) is 2. The molecule has 1 aromatic heterocycles. The zero-order valence-electron chi connectivity index (χ0n) is 10.8. The lowest BCUT2D eigenvalue weighted by Gasteiger charge is -2.18. The van der Waals surface area contributed by atoms with Crippen molar-refractivity contribution in [3.05, 3.63) is 35.9 Å². The number of hydrogen-bond acceptors (Lipinski definition) is 4. The molecular formula is C14H16N4O. The third-order valence-electron chi connectivity index (χ3n) is 3.51. The quantitative estimate of drug-likeness (QED) is 0.648. The number of rotatable bonds is 3. The highest BCUT2D eigenvalue weighted by Gasteiger charge is 2.30. The van der Waals surface area contributed by atoms with E-state index >= 15 is 0 Å².